The zero-order valence-electron chi connectivity index (χ0n) is 6.16. The molecule has 0 unspecified atom stereocenters. The molecule has 3 nitrogen and oxygen atoms in total. The molecule has 0 aliphatic carbocycles. The number of hydrogen-bond donors (Lipinski definition) is 1. The van der Waals surface area contributed by atoms with E-state index >= 15 is 0 Å². The molecule has 3 heteroatoms. The highest BCUT2D eigenvalue weighted by molar-refractivity contribution is 5.77. The summed E-state index contributed by atoms with van der Waals surface area (Å²) in [5.74, 6) is 0.530. The molecule has 0 saturated carbocycles. The van der Waals surface area contributed by atoms with Crippen LogP contribution in [0.1, 0.15) is 5.56 Å². The van der Waals surface area contributed by atoms with Gasteiger partial charge in [-0.1, -0.05) is 0 Å². The molecular weight excluding hydrogens is 140 g/mol. The average molecular weight is 148 g/mol. The molecule has 56 valence electrons. The maximum absolute atomic E-state index is 5.50. The van der Waals surface area contributed by atoms with Crippen LogP contribution in [0.25, 0.3) is 11.1 Å². The van der Waals surface area contributed by atoms with Crippen LogP contribution in [0.15, 0.2) is 22.8 Å². The summed E-state index contributed by atoms with van der Waals surface area (Å²) in [6.07, 6.45) is 1.68. The molecule has 2 rings (SSSR count). The van der Waals surface area contributed by atoms with Crippen LogP contribution in [-0.2, 0) is 0 Å². The second-order valence-electron chi connectivity index (χ2n) is 2.50. The van der Waals surface area contributed by atoms with E-state index in [0.717, 1.165) is 16.7 Å². The molecule has 0 atom stereocenters. The number of rotatable bonds is 0. The second kappa shape index (κ2) is 1.99. The van der Waals surface area contributed by atoms with Gasteiger partial charge in [0, 0.05) is 5.56 Å². The Morgan fingerprint density at radius 2 is 2.27 bits per heavy atom. The highest BCUT2D eigenvalue weighted by Gasteiger charge is 2.01. The summed E-state index contributed by atoms with van der Waals surface area (Å²) >= 11 is 0. The van der Waals surface area contributed by atoms with Gasteiger partial charge in [0.05, 0.1) is 6.26 Å². The Morgan fingerprint density at radius 1 is 1.45 bits per heavy atom. The lowest BCUT2D eigenvalue weighted by Crippen LogP contribution is -1.88. The largest absolute Gasteiger partial charge is 0.462 e. The fourth-order valence-corrected chi connectivity index (χ4v) is 1.05. The minimum Gasteiger partial charge on any atom is -0.462 e. The Morgan fingerprint density at radius 3 is 3.09 bits per heavy atom. The zero-order chi connectivity index (χ0) is 7.84. The van der Waals surface area contributed by atoms with E-state index < -0.39 is 0 Å². The third-order valence-corrected chi connectivity index (χ3v) is 1.62. The molecule has 2 aromatic heterocycles. The number of anilines is 1. The van der Waals surface area contributed by atoms with E-state index in [1.807, 2.05) is 13.0 Å². The number of nitrogens with two attached hydrogens (primary N) is 1. The quantitative estimate of drug-likeness (QED) is 0.618. The standard InChI is InChI=1S/C8H8N2O/c1-5-4-11-6-2-3-7(9)10-8(5)6/h2-4H,1H3,(H2,9,10). The number of hydrogen-bond acceptors (Lipinski definition) is 3. The summed E-state index contributed by atoms with van der Waals surface area (Å²) in [7, 11) is 0. The molecule has 11 heavy (non-hydrogen) atoms. The summed E-state index contributed by atoms with van der Waals surface area (Å²) in [4.78, 5) is 4.12. The smallest absolute Gasteiger partial charge is 0.152 e. The Labute approximate surface area is 63.8 Å². The van der Waals surface area contributed by atoms with Crippen molar-refractivity contribution in [1.29, 1.82) is 0 Å². The summed E-state index contributed by atoms with van der Waals surface area (Å²) < 4.78 is 5.19. The Bertz CT molecular complexity index is 392. The molecule has 2 N–H and O–H groups in total. The molecule has 0 bridgehead atoms. The normalized spacial score (nSPS) is 10.6. The molecule has 0 spiro atoms. The Hall–Kier alpha value is -1.51. The Kier molecular flexibility index (Phi) is 1.12. The summed E-state index contributed by atoms with van der Waals surface area (Å²) in [6.45, 7) is 1.94. The monoisotopic (exact) mass is 148 g/mol. The first kappa shape index (κ1) is 6.22. The molecule has 0 aliphatic heterocycles. The predicted molar refractivity (Wildman–Crippen MR) is 43.2 cm³/mol. The summed E-state index contributed by atoms with van der Waals surface area (Å²) in [6, 6.07) is 3.55. The minimum atomic E-state index is 0.530. The number of furan rings is 1. The lowest BCUT2D eigenvalue weighted by Gasteiger charge is -1.90. The van der Waals surface area contributed by atoms with Crippen molar-refractivity contribution in [2.75, 3.05) is 5.73 Å². The number of nitrogen functional groups attached to an aromatic ring is 1. The number of fused-ring (bicyclic) bond motifs is 1. The lowest BCUT2D eigenvalue weighted by molar-refractivity contribution is 0.612. The van der Waals surface area contributed by atoms with Crippen LogP contribution in [0.3, 0.4) is 0 Å². The van der Waals surface area contributed by atoms with Crippen molar-refractivity contribution in [3.63, 3.8) is 0 Å². The molecule has 0 aromatic carbocycles. The third kappa shape index (κ3) is 0.852. The zero-order valence-corrected chi connectivity index (χ0v) is 6.16. The van der Waals surface area contributed by atoms with E-state index in [2.05, 4.69) is 4.98 Å². The topological polar surface area (TPSA) is 52.0 Å². The van der Waals surface area contributed by atoms with Gasteiger partial charge in [-0.3, -0.25) is 0 Å². The van der Waals surface area contributed by atoms with Crippen molar-refractivity contribution in [3.05, 3.63) is 24.0 Å². The van der Waals surface area contributed by atoms with E-state index in [9.17, 15) is 0 Å². The summed E-state index contributed by atoms with van der Waals surface area (Å²) in [5, 5.41) is 0. The van der Waals surface area contributed by atoms with Gasteiger partial charge in [-0.25, -0.2) is 4.98 Å². The van der Waals surface area contributed by atoms with E-state index in [1.165, 1.54) is 0 Å². The fourth-order valence-electron chi connectivity index (χ4n) is 1.05. The van der Waals surface area contributed by atoms with Crippen molar-refractivity contribution in [2.45, 2.75) is 6.92 Å². The molecule has 0 aliphatic rings. The second-order valence-corrected chi connectivity index (χ2v) is 2.50. The van der Waals surface area contributed by atoms with Crippen LogP contribution in [-0.4, -0.2) is 4.98 Å². The van der Waals surface area contributed by atoms with Gasteiger partial charge in [0.15, 0.2) is 5.58 Å². The molecular formula is C8H8N2O. The molecule has 2 heterocycles. The van der Waals surface area contributed by atoms with Gasteiger partial charge in [-0.15, -0.1) is 0 Å². The first-order valence-corrected chi connectivity index (χ1v) is 3.38. The SMILES string of the molecule is Cc1coc2ccc(N)nc12. The van der Waals surface area contributed by atoms with Crippen molar-refractivity contribution in [2.24, 2.45) is 0 Å². The number of aryl methyl sites for hydroxylation is 1. The van der Waals surface area contributed by atoms with Crippen LogP contribution in [0.2, 0.25) is 0 Å². The van der Waals surface area contributed by atoms with Gasteiger partial charge in [0.1, 0.15) is 11.3 Å². The van der Waals surface area contributed by atoms with E-state index in [4.69, 9.17) is 10.2 Å². The van der Waals surface area contributed by atoms with Crippen LogP contribution in [0, 0.1) is 6.92 Å². The maximum atomic E-state index is 5.50. The first-order valence-electron chi connectivity index (χ1n) is 3.38. The number of nitrogens with zero attached hydrogens (tertiary/aromatic N) is 1. The van der Waals surface area contributed by atoms with Crippen LogP contribution >= 0.6 is 0 Å². The van der Waals surface area contributed by atoms with Gasteiger partial charge in [-0.2, -0.15) is 0 Å². The third-order valence-electron chi connectivity index (χ3n) is 1.62. The van der Waals surface area contributed by atoms with Gasteiger partial charge >= 0.3 is 0 Å². The molecule has 0 amide bonds. The van der Waals surface area contributed by atoms with Crippen LogP contribution in [0.5, 0.6) is 0 Å². The van der Waals surface area contributed by atoms with Gasteiger partial charge < -0.3 is 10.2 Å². The number of pyridine rings is 1. The van der Waals surface area contributed by atoms with E-state index in [0.29, 0.717) is 5.82 Å². The van der Waals surface area contributed by atoms with Gasteiger partial charge in [0.2, 0.25) is 0 Å². The van der Waals surface area contributed by atoms with E-state index in [-0.39, 0.29) is 0 Å². The molecule has 0 saturated heterocycles. The predicted octanol–water partition coefficient (Wildman–Crippen LogP) is 1.72. The molecule has 0 fully saturated rings. The van der Waals surface area contributed by atoms with Crippen molar-refractivity contribution >= 4 is 16.9 Å². The lowest BCUT2D eigenvalue weighted by atomic mass is 10.3. The van der Waals surface area contributed by atoms with Gasteiger partial charge in [-0.05, 0) is 19.1 Å². The van der Waals surface area contributed by atoms with Crippen LogP contribution < -0.4 is 5.73 Å². The van der Waals surface area contributed by atoms with Crippen molar-refractivity contribution < 1.29 is 4.42 Å². The first-order chi connectivity index (χ1) is 5.27. The molecule has 2 aromatic rings. The minimum absolute atomic E-state index is 0.530. The fraction of sp³-hybridized carbons (Fsp3) is 0.125. The number of aromatic nitrogens is 1. The highest BCUT2D eigenvalue weighted by Crippen LogP contribution is 2.18. The van der Waals surface area contributed by atoms with Crippen molar-refractivity contribution in [3.8, 4) is 0 Å². The summed E-state index contributed by atoms with van der Waals surface area (Å²) in [5.41, 5.74) is 8.16. The maximum Gasteiger partial charge on any atom is 0.152 e. The van der Waals surface area contributed by atoms with Gasteiger partial charge in [0.25, 0.3) is 0 Å². The van der Waals surface area contributed by atoms with Crippen molar-refractivity contribution in [1.82, 2.24) is 4.98 Å². The van der Waals surface area contributed by atoms with E-state index in [1.54, 1.807) is 12.3 Å². The van der Waals surface area contributed by atoms with Crippen LogP contribution in [0.4, 0.5) is 5.82 Å². The Balaban J connectivity index is 2.87. The average Bonchev–Trinajstić information content (AvgIpc) is 2.33. The highest BCUT2D eigenvalue weighted by atomic mass is 16.3. The molecule has 0 radical (unpaired) electrons.